The summed E-state index contributed by atoms with van der Waals surface area (Å²) >= 11 is 0. The van der Waals surface area contributed by atoms with Crippen molar-refractivity contribution in [2.75, 3.05) is 14.2 Å². The number of rotatable bonds is 3. The molecule has 1 aliphatic heterocycles. The molecule has 0 saturated carbocycles. The predicted octanol–water partition coefficient (Wildman–Crippen LogP) is 5.12. The fourth-order valence-electron chi connectivity index (χ4n) is 3.89. The maximum atomic E-state index is 12.7. The lowest BCUT2D eigenvalue weighted by Crippen LogP contribution is -2.02. The fraction of sp³-hybridized carbons (Fsp3) is 0.261. The highest BCUT2D eigenvalue weighted by molar-refractivity contribution is 6.13. The predicted molar refractivity (Wildman–Crippen MR) is 106 cm³/mol. The Bertz CT molecular complexity index is 1100. The lowest BCUT2D eigenvalue weighted by molar-refractivity contribution is 0.0535. The third-order valence-corrected chi connectivity index (χ3v) is 5.30. The van der Waals surface area contributed by atoms with Crippen molar-refractivity contribution in [1.82, 2.24) is 0 Å². The van der Waals surface area contributed by atoms with Crippen LogP contribution in [0.3, 0.4) is 0 Å². The van der Waals surface area contributed by atoms with Crippen molar-refractivity contribution in [3.05, 3.63) is 58.1 Å². The highest BCUT2D eigenvalue weighted by atomic mass is 16.5. The molecule has 27 heavy (non-hydrogen) atoms. The number of aryl methyl sites for hydroxylation is 3. The highest BCUT2D eigenvalue weighted by Crippen LogP contribution is 2.45. The molecule has 0 bridgehead atoms. The standard InChI is InChI=1S/C23H22O4/c1-12-6-15(10-16(7-12)25-4)20-17-8-13(2)14(3)9-18(17)22(26-5)19-11-27-23(24)21(19)20/h6-10H,11H2,1-5H3. The summed E-state index contributed by atoms with van der Waals surface area (Å²) in [5.74, 6) is 1.18. The summed E-state index contributed by atoms with van der Waals surface area (Å²) in [6.07, 6.45) is 0. The number of hydrogen-bond donors (Lipinski definition) is 0. The molecule has 3 aromatic carbocycles. The molecule has 0 fully saturated rings. The first-order valence-corrected chi connectivity index (χ1v) is 8.91. The molecule has 0 unspecified atom stereocenters. The smallest absolute Gasteiger partial charge is 0.339 e. The molecule has 4 rings (SSSR count). The number of hydrogen-bond acceptors (Lipinski definition) is 4. The summed E-state index contributed by atoms with van der Waals surface area (Å²) in [5, 5.41) is 1.98. The van der Waals surface area contributed by atoms with Gasteiger partial charge in [0.1, 0.15) is 18.1 Å². The fourth-order valence-corrected chi connectivity index (χ4v) is 3.89. The SMILES string of the molecule is COc1cc(C)cc(-c2c3c(c(OC)c4cc(C)c(C)cc24)COC3=O)c1. The van der Waals surface area contributed by atoms with Crippen LogP contribution >= 0.6 is 0 Å². The van der Waals surface area contributed by atoms with Crippen LogP contribution in [0.4, 0.5) is 0 Å². The van der Waals surface area contributed by atoms with Crippen LogP contribution in [-0.2, 0) is 11.3 Å². The topological polar surface area (TPSA) is 44.8 Å². The van der Waals surface area contributed by atoms with Gasteiger partial charge >= 0.3 is 5.97 Å². The molecule has 0 spiro atoms. The number of carbonyl (C=O) groups excluding carboxylic acids is 1. The maximum absolute atomic E-state index is 12.7. The molecule has 1 heterocycles. The molecule has 0 N–H and O–H groups in total. The van der Waals surface area contributed by atoms with Crippen LogP contribution in [0.2, 0.25) is 0 Å². The van der Waals surface area contributed by atoms with Crippen LogP contribution in [0.25, 0.3) is 21.9 Å². The van der Waals surface area contributed by atoms with Gasteiger partial charge in [0.05, 0.1) is 19.8 Å². The lowest BCUT2D eigenvalue weighted by atomic mass is 9.87. The van der Waals surface area contributed by atoms with Crippen LogP contribution in [0.15, 0.2) is 30.3 Å². The summed E-state index contributed by atoms with van der Waals surface area (Å²) in [6, 6.07) is 10.3. The zero-order valence-corrected chi connectivity index (χ0v) is 16.2. The molecule has 0 saturated heterocycles. The Morgan fingerprint density at radius 1 is 0.852 bits per heavy atom. The molecule has 0 aromatic heterocycles. The summed E-state index contributed by atoms with van der Waals surface area (Å²) in [4.78, 5) is 12.7. The average molecular weight is 362 g/mol. The van der Waals surface area contributed by atoms with E-state index in [-0.39, 0.29) is 12.6 Å². The van der Waals surface area contributed by atoms with Gasteiger partial charge in [-0.1, -0.05) is 12.1 Å². The number of cyclic esters (lactones) is 1. The van der Waals surface area contributed by atoms with Crippen LogP contribution in [0, 0.1) is 20.8 Å². The monoisotopic (exact) mass is 362 g/mol. The van der Waals surface area contributed by atoms with Crippen molar-refractivity contribution in [3.8, 4) is 22.6 Å². The van der Waals surface area contributed by atoms with E-state index >= 15 is 0 Å². The molecule has 138 valence electrons. The zero-order valence-electron chi connectivity index (χ0n) is 16.2. The van der Waals surface area contributed by atoms with Gasteiger partial charge in [-0.2, -0.15) is 0 Å². The van der Waals surface area contributed by atoms with Gasteiger partial charge in [-0.25, -0.2) is 4.79 Å². The van der Waals surface area contributed by atoms with E-state index < -0.39 is 0 Å². The second-order valence-corrected chi connectivity index (χ2v) is 7.06. The van der Waals surface area contributed by atoms with Crippen LogP contribution in [-0.4, -0.2) is 20.2 Å². The Hall–Kier alpha value is -3.01. The number of fused-ring (bicyclic) bond motifs is 2. The van der Waals surface area contributed by atoms with Crippen molar-refractivity contribution in [1.29, 1.82) is 0 Å². The van der Waals surface area contributed by atoms with Gasteiger partial charge in [0, 0.05) is 16.5 Å². The van der Waals surface area contributed by atoms with Gasteiger partial charge in [-0.3, -0.25) is 0 Å². The third kappa shape index (κ3) is 2.64. The van der Waals surface area contributed by atoms with Crippen molar-refractivity contribution in [2.24, 2.45) is 0 Å². The Labute approximate surface area is 158 Å². The molecule has 0 aliphatic carbocycles. The van der Waals surface area contributed by atoms with Crippen molar-refractivity contribution >= 4 is 16.7 Å². The maximum Gasteiger partial charge on any atom is 0.339 e. The summed E-state index contributed by atoms with van der Waals surface area (Å²) in [5.41, 5.74) is 6.64. The van der Waals surface area contributed by atoms with Gasteiger partial charge in [0.2, 0.25) is 0 Å². The van der Waals surface area contributed by atoms with E-state index in [1.165, 1.54) is 5.56 Å². The highest BCUT2D eigenvalue weighted by Gasteiger charge is 2.32. The molecule has 0 radical (unpaired) electrons. The first-order valence-electron chi connectivity index (χ1n) is 8.91. The first-order chi connectivity index (χ1) is 12.9. The van der Waals surface area contributed by atoms with E-state index in [2.05, 4.69) is 32.0 Å². The second kappa shape index (κ2) is 6.31. The minimum Gasteiger partial charge on any atom is -0.497 e. The van der Waals surface area contributed by atoms with E-state index in [4.69, 9.17) is 14.2 Å². The largest absolute Gasteiger partial charge is 0.497 e. The molecule has 4 nitrogen and oxygen atoms in total. The van der Waals surface area contributed by atoms with Crippen LogP contribution < -0.4 is 9.47 Å². The summed E-state index contributed by atoms with van der Waals surface area (Å²) < 4.78 is 16.6. The van der Waals surface area contributed by atoms with E-state index in [1.807, 2.05) is 19.1 Å². The number of benzene rings is 3. The van der Waals surface area contributed by atoms with E-state index in [1.54, 1.807) is 14.2 Å². The first kappa shape index (κ1) is 17.4. The summed E-state index contributed by atoms with van der Waals surface area (Å²) in [7, 11) is 3.29. The molecule has 3 aromatic rings. The van der Waals surface area contributed by atoms with Gasteiger partial charge in [-0.05, 0) is 66.6 Å². The lowest BCUT2D eigenvalue weighted by Gasteiger charge is -2.18. The molecule has 1 aliphatic rings. The Morgan fingerprint density at radius 2 is 1.56 bits per heavy atom. The van der Waals surface area contributed by atoms with Crippen LogP contribution in [0.1, 0.15) is 32.6 Å². The third-order valence-electron chi connectivity index (χ3n) is 5.30. The van der Waals surface area contributed by atoms with Gasteiger partial charge in [-0.15, -0.1) is 0 Å². The number of ether oxygens (including phenoxy) is 3. The number of carbonyl (C=O) groups is 1. The molecular weight excluding hydrogens is 340 g/mol. The van der Waals surface area contributed by atoms with Gasteiger partial charge < -0.3 is 14.2 Å². The molecule has 0 amide bonds. The quantitative estimate of drug-likeness (QED) is 0.607. The average Bonchev–Trinajstić information content (AvgIpc) is 3.01. The second-order valence-electron chi connectivity index (χ2n) is 7.06. The minimum atomic E-state index is -0.307. The molecular formula is C23H22O4. The summed E-state index contributed by atoms with van der Waals surface area (Å²) in [6.45, 7) is 6.41. The Morgan fingerprint density at radius 3 is 2.22 bits per heavy atom. The number of esters is 1. The minimum absolute atomic E-state index is 0.232. The van der Waals surface area contributed by atoms with E-state index in [9.17, 15) is 4.79 Å². The van der Waals surface area contributed by atoms with Crippen molar-refractivity contribution in [3.63, 3.8) is 0 Å². The van der Waals surface area contributed by atoms with Crippen molar-refractivity contribution < 1.29 is 19.0 Å². The van der Waals surface area contributed by atoms with Gasteiger partial charge in [0.25, 0.3) is 0 Å². The number of methoxy groups -OCH3 is 2. The van der Waals surface area contributed by atoms with Crippen molar-refractivity contribution in [2.45, 2.75) is 27.4 Å². The van der Waals surface area contributed by atoms with E-state index in [0.29, 0.717) is 5.56 Å². The van der Waals surface area contributed by atoms with E-state index in [0.717, 1.165) is 50.1 Å². The Kier molecular flexibility index (Phi) is 4.06. The zero-order chi connectivity index (χ0) is 19.3. The van der Waals surface area contributed by atoms with Crippen LogP contribution in [0.5, 0.6) is 11.5 Å². The molecule has 4 heteroatoms. The van der Waals surface area contributed by atoms with Gasteiger partial charge in [0.15, 0.2) is 0 Å². The molecule has 0 atom stereocenters. The normalized spacial score (nSPS) is 12.9. The Balaban J connectivity index is 2.20.